The van der Waals surface area contributed by atoms with Crippen LogP contribution >= 0.6 is 7.82 Å². The highest BCUT2D eigenvalue weighted by Crippen LogP contribution is 2.50. The molecule has 2 fully saturated rings. The maximum absolute atomic E-state index is 13.0. The van der Waals surface area contributed by atoms with E-state index in [1.807, 2.05) is 0 Å². The number of ether oxygens (including phenoxy) is 2. The van der Waals surface area contributed by atoms with E-state index in [0.717, 1.165) is 10.8 Å². The predicted octanol–water partition coefficient (Wildman–Crippen LogP) is -6.13. The van der Waals surface area contributed by atoms with E-state index in [1.165, 1.54) is 6.07 Å². The number of nitrogens with two attached hydrogens (primary N) is 3. The number of aliphatic hydroxyl groups is 6. The van der Waals surface area contributed by atoms with Crippen molar-refractivity contribution in [1.82, 2.24) is 20.2 Å². The van der Waals surface area contributed by atoms with Crippen molar-refractivity contribution < 1.29 is 68.2 Å². The van der Waals surface area contributed by atoms with Crippen LogP contribution in [-0.4, -0.2) is 151 Å². The Bertz CT molecular complexity index is 1350. The Labute approximate surface area is 279 Å². The maximum atomic E-state index is 13.0. The maximum Gasteiger partial charge on any atom is 0.475 e. The standard InChI is InChI=1S/C26H46N7O15P/c27-5-2-1-3-13(28)23(41)31-7-6-30-18-14(36)9-26(12-35,47-22(18)19(38)15(37)10-34)48-49(43,44)45-11-16-20(39)21(40)24(46-16)33-8-4-17(29)32-25(33)42/h4,8,12-16,18-22,24,30,34,36-40H,1-3,5-7,9-11,27-28H2,(H,31,41)(H,43,44)(H2,29,32,42)/t13?,14-,15-,16?,18-,19-,20-,21-,22?,24?,26-/m1/s1. The molecule has 0 aromatic carbocycles. The van der Waals surface area contributed by atoms with E-state index in [0.29, 0.717) is 25.8 Å². The van der Waals surface area contributed by atoms with Gasteiger partial charge in [0, 0.05) is 25.7 Å². The molecule has 280 valence electrons. The molecule has 1 amide bonds. The first-order valence-corrected chi connectivity index (χ1v) is 16.9. The highest BCUT2D eigenvalue weighted by molar-refractivity contribution is 7.47. The van der Waals surface area contributed by atoms with Crippen LogP contribution in [0, 0.1) is 0 Å². The average molecular weight is 728 g/mol. The number of nitrogens with zero attached hydrogens (tertiary/aromatic N) is 2. The second-order valence-corrected chi connectivity index (χ2v) is 13.0. The number of aliphatic hydroxyl groups excluding tert-OH is 6. The number of phosphoric ester groups is 1. The fraction of sp³-hybridized carbons (Fsp3) is 0.769. The Kier molecular flexibility index (Phi) is 15.1. The Balaban J connectivity index is 1.66. The van der Waals surface area contributed by atoms with Crippen molar-refractivity contribution in [2.24, 2.45) is 11.5 Å². The SMILES string of the molecule is NCCCCC(N)C(=O)NCCN[C@H]1C([C@H](O)[C@H](O)CO)O[C@@](C=O)(OP(=O)(O)OCC2OC(n3ccc(N)nc3=O)[C@H](O)[C@@H]2O)C[C@H]1O. The van der Waals surface area contributed by atoms with Crippen molar-refractivity contribution >= 4 is 25.8 Å². The van der Waals surface area contributed by atoms with Gasteiger partial charge in [0.1, 0.15) is 42.4 Å². The van der Waals surface area contributed by atoms with Crippen LogP contribution in [0.2, 0.25) is 0 Å². The Hall–Kier alpha value is -2.51. The molecule has 2 aliphatic rings. The van der Waals surface area contributed by atoms with Gasteiger partial charge in [-0.2, -0.15) is 4.98 Å². The monoisotopic (exact) mass is 727 g/mol. The zero-order chi connectivity index (χ0) is 36.5. The van der Waals surface area contributed by atoms with Gasteiger partial charge in [0.2, 0.25) is 11.7 Å². The minimum absolute atomic E-state index is 0.0128. The Morgan fingerprint density at radius 3 is 2.59 bits per heavy atom. The van der Waals surface area contributed by atoms with Crippen LogP contribution < -0.4 is 33.5 Å². The molecule has 3 heterocycles. The number of amides is 1. The lowest BCUT2D eigenvalue weighted by atomic mass is 9.89. The average Bonchev–Trinajstić information content (AvgIpc) is 3.33. The Morgan fingerprint density at radius 2 is 1.96 bits per heavy atom. The lowest BCUT2D eigenvalue weighted by Gasteiger charge is -2.46. The van der Waals surface area contributed by atoms with Crippen LogP contribution in [0.15, 0.2) is 17.1 Å². The van der Waals surface area contributed by atoms with Crippen molar-refractivity contribution in [2.75, 3.05) is 38.6 Å². The van der Waals surface area contributed by atoms with Crippen molar-refractivity contribution in [3.05, 3.63) is 22.7 Å². The van der Waals surface area contributed by atoms with Gasteiger partial charge in [-0.3, -0.25) is 18.7 Å². The summed E-state index contributed by atoms with van der Waals surface area (Å²) in [6.45, 7) is -1.51. The van der Waals surface area contributed by atoms with E-state index in [4.69, 9.17) is 35.7 Å². The number of aromatic nitrogens is 2. The van der Waals surface area contributed by atoms with Crippen LogP contribution in [-0.2, 0) is 32.7 Å². The molecule has 0 aliphatic carbocycles. The third-order valence-electron chi connectivity index (χ3n) is 7.94. The molecular weight excluding hydrogens is 681 g/mol. The number of carbonyl (C=O) groups excluding carboxylic acids is 2. The summed E-state index contributed by atoms with van der Waals surface area (Å²) in [6.07, 6.45) is -11.7. The lowest BCUT2D eigenvalue weighted by Crippen LogP contribution is -2.66. The van der Waals surface area contributed by atoms with E-state index in [-0.39, 0.29) is 25.2 Å². The summed E-state index contributed by atoms with van der Waals surface area (Å²) < 4.78 is 34.7. The quantitative estimate of drug-likeness (QED) is 0.0358. The summed E-state index contributed by atoms with van der Waals surface area (Å²) in [6, 6.07) is -0.841. The van der Waals surface area contributed by atoms with Crippen LogP contribution in [0.4, 0.5) is 5.82 Å². The number of carbonyl (C=O) groups is 2. The predicted molar refractivity (Wildman–Crippen MR) is 165 cm³/mol. The molecule has 0 spiro atoms. The smallest absolute Gasteiger partial charge is 0.394 e. The number of nitrogen functional groups attached to an aromatic ring is 1. The van der Waals surface area contributed by atoms with Crippen molar-refractivity contribution in [1.29, 1.82) is 0 Å². The minimum atomic E-state index is -5.36. The van der Waals surface area contributed by atoms with Crippen molar-refractivity contribution in [3.63, 3.8) is 0 Å². The molecule has 0 bridgehead atoms. The number of hydrogen-bond donors (Lipinski definition) is 12. The second kappa shape index (κ2) is 18.1. The van der Waals surface area contributed by atoms with Crippen LogP contribution in [0.3, 0.4) is 0 Å². The number of rotatable bonds is 19. The minimum Gasteiger partial charge on any atom is -0.394 e. The van der Waals surface area contributed by atoms with Gasteiger partial charge in [-0.1, -0.05) is 6.42 Å². The third-order valence-corrected chi connectivity index (χ3v) is 8.96. The van der Waals surface area contributed by atoms with Crippen LogP contribution in [0.25, 0.3) is 0 Å². The molecule has 49 heavy (non-hydrogen) atoms. The van der Waals surface area contributed by atoms with Gasteiger partial charge < -0.3 is 72.8 Å². The van der Waals surface area contributed by atoms with E-state index in [2.05, 4.69) is 15.6 Å². The summed E-state index contributed by atoms with van der Waals surface area (Å²) >= 11 is 0. The lowest BCUT2D eigenvalue weighted by molar-refractivity contribution is -0.274. The van der Waals surface area contributed by atoms with Crippen molar-refractivity contribution in [2.45, 2.75) is 92.5 Å². The molecule has 22 nitrogen and oxygen atoms in total. The highest BCUT2D eigenvalue weighted by atomic mass is 31.2. The molecular formula is C26H46N7O15P. The summed E-state index contributed by atoms with van der Waals surface area (Å²) in [7, 11) is -5.36. The zero-order valence-corrected chi connectivity index (χ0v) is 27.2. The van der Waals surface area contributed by atoms with E-state index < -0.39 is 106 Å². The molecule has 1 aromatic rings. The molecule has 1 aromatic heterocycles. The van der Waals surface area contributed by atoms with Crippen LogP contribution in [0.5, 0.6) is 0 Å². The number of unbranched alkanes of at least 4 members (excludes halogenated alkanes) is 1. The molecule has 0 saturated carbocycles. The summed E-state index contributed by atoms with van der Waals surface area (Å²) in [5.41, 5.74) is 15.8. The first-order valence-electron chi connectivity index (χ1n) is 15.4. The molecule has 2 aliphatic heterocycles. The zero-order valence-electron chi connectivity index (χ0n) is 26.3. The van der Waals surface area contributed by atoms with Crippen LogP contribution in [0.1, 0.15) is 31.9 Å². The first-order chi connectivity index (χ1) is 23.1. The fourth-order valence-electron chi connectivity index (χ4n) is 5.31. The number of aldehydes is 1. The number of anilines is 1. The van der Waals surface area contributed by atoms with Gasteiger partial charge in [0.15, 0.2) is 12.5 Å². The summed E-state index contributed by atoms with van der Waals surface area (Å²) in [5, 5.41) is 67.4. The number of phosphoric acid groups is 1. The Morgan fingerprint density at radius 1 is 1.24 bits per heavy atom. The second-order valence-electron chi connectivity index (χ2n) is 11.6. The fourth-order valence-corrected chi connectivity index (χ4v) is 6.25. The van der Waals surface area contributed by atoms with Gasteiger partial charge in [-0.25, -0.2) is 13.9 Å². The molecule has 3 rings (SSSR count). The van der Waals surface area contributed by atoms with Gasteiger partial charge >= 0.3 is 13.5 Å². The number of nitrogens with one attached hydrogen (secondary N) is 2. The normalized spacial score (nSPS) is 31.8. The number of hydrogen-bond acceptors (Lipinski definition) is 19. The third kappa shape index (κ3) is 10.7. The molecule has 23 heteroatoms. The van der Waals surface area contributed by atoms with Gasteiger partial charge in [-0.05, 0) is 25.5 Å². The molecule has 0 radical (unpaired) electrons. The summed E-state index contributed by atoms with van der Waals surface area (Å²) in [5.74, 6) is -3.32. The van der Waals surface area contributed by atoms with E-state index in [9.17, 15) is 54.5 Å². The van der Waals surface area contributed by atoms with Gasteiger partial charge in [0.05, 0.1) is 31.4 Å². The first kappa shape index (κ1) is 40.9. The van der Waals surface area contributed by atoms with Gasteiger partial charge in [-0.15, -0.1) is 0 Å². The van der Waals surface area contributed by atoms with E-state index >= 15 is 0 Å². The summed E-state index contributed by atoms with van der Waals surface area (Å²) in [4.78, 5) is 50.6. The van der Waals surface area contributed by atoms with E-state index in [1.54, 1.807) is 0 Å². The van der Waals surface area contributed by atoms with Crippen molar-refractivity contribution in [3.8, 4) is 0 Å². The van der Waals surface area contributed by atoms with Gasteiger partial charge in [0.25, 0.3) is 0 Å². The highest BCUT2D eigenvalue weighted by Gasteiger charge is 2.54. The molecule has 12 atom stereocenters. The topological polar surface area (TPSA) is 367 Å². The molecule has 5 unspecified atom stereocenters. The molecule has 15 N–H and O–H groups in total. The largest absolute Gasteiger partial charge is 0.475 e. The molecule has 2 saturated heterocycles.